The molecule has 3 unspecified atom stereocenters. The van der Waals surface area contributed by atoms with Gasteiger partial charge in [0.05, 0.1) is 12.7 Å². The van der Waals surface area contributed by atoms with Gasteiger partial charge < -0.3 is 14.6 Å². The van der Waals surface area contributed by atoms with Crippen LogP contribution in [-0.4, -0.2) is 49.0 Å². The van der Waals surface area contributed by atoms with Crippen LogP contribution < -0.4 is 4.74 Å². The molecule has 1 aliphatic heterocycles. The maximum absolute atomic E-state index is 13.5. The Hall–Kier alpha value is -1.73. The van der Waals surface area contributed by atoms with Crippen molar-refractivity contribution in [2.45, 2.75) is 38.4 Å². The van der Waals surface area contributed by atoms with Crippen LogP contribution in [0.15, 0.2) is 42.5 Å². The van der Waals surface area contributed by atoms with E-state index in [9.17, 15) is 13.9 Å². The van der Waals surface area contributed by atoms with Crippen LogP contribution in [0.3, 0.4) is 0 Å². The third-order valence-corrected chi connectivity index (χ3v) is 5.43. The maximum Gasteiger partial charge on any atom is 0.159 e. The molecule has 2 aromatic rings. The van der Waals surface area contributed by atoms with E-state index in [1.165, 1.54) is 12.1 Å². The van der Waals surface area contributed by atoms with Crippen molar-refractivity contribution in [1.82, 2.24) is 4.90 Å². The smallest absolute Gasteiger partial charge is 0.159 e. The lowest BCUT2D eigenvalue weighted by molar-refractivity contribution is -0.0461. The minimum Gasteiger partial charge on any atom is -0.491 e. The molecule has 0 spiro atoms. The van der Waals surface area contributed by atoms with Crippen molar-refractivity contribution in [1.29, 1.82) is 0 Å². The maximum atomic E-state index is 13.5. The van der Waals surface area contributed by atoms with Crippen LogP contribution in [0.5, 0.6) is 5.75 Å². The summed E-state index contributed by atoms with van der Waals surface area (Å²) < 4.78 is 38.3. The number of hydrogen-bond donors (Lipinski definition) is 1. The van der Waals surface area contributed by atoms with E-state index >= 15 is 0 Å². The first kappa shape index (κ1) is 24.5. The predicted octanol–water partition coefficient (Wildman–Crippen LogP) is 4.71. The second-order valence-corrected chi connectivity index (χ2v) is 7.60. The quantitative estimate of drug-likeness (QED) is 0.644. The van der Waals surface area contributed by atoms with E-state index in [4.69, 9.17) is 9.47 Å². The zero-order valence-corrected chi connectivity index (χ0v) is 18.2. The number of morpholine rings is 1. The SMILES string of the molecule is CCC(C)c1ccccc1OCC(O)CN1CCOC(c2ccc(F)c(F)c2)C1.Cl. The number of aliphatic hydroxyl groups is 1. The van der Waals surface area contributed by atoms with Crippen LogP contribution in [-0.2, 0) is 4.74 Å². The van der Waals surface area contributed by atoms with Gasteiger partial charge in [0.15, 0.2) is 11.6 Å². The summed E-state index contributed by atoms with van der Waals surface area (Å²) in [4.78, 5) is 2.06. The standard InChI is InChI=1S/C23H29F2NO3.ClH/c1-3-16(2)19-6-4-5-7-22(19)29-15-18(27)13-26-10-11-28-23(14-26)17-8-9-20(24)21(25)12-17;/h4-9,12,16,18,23,27H,3,10-11,13-15H2,1-2H3;1H. The minimum atomic E-state index is -0.878. The summed E-state index contributed by atoms with van der Waals surface area (Å²) in [5, 5.41) is 10.5. The monoisotopic (exact) mass is 441 g/mol. The molecule has 1 saturated heterocycles. The topological polar surface area (TPSA) is 41.9 Å². The number of rotatable bonds is 8. The van der Waals surface area contributed by atoms with Crippen LogP contribution in [0, 0.1) is 11.6 Å². The molecular weight excluding hydrogens is 412 g/mol. The lowest BCUT2D eigenvalue weighted by Crippen LogP contribution is -2.43. The molecule has 0 aliphatic carbocycles. The van der Waals surface area contributed by atoms with Gasteiger partial charge in [-0.3, -0.25) is 4.90 Å². The Balaban J connectivity index is 0.00000320. The molecule has 3 rings (SSSR count). The lowest BCUT2D eigenvalue weighted by Gasteiger charge is -2.34. The highest BCUT2D eigenvalue weighted by molar-refractivity contribution is 5.85. The first-order valence-electron chi connectivity index (χ1n) is 10.2. The number of halogens is 3. The fraction of sp³-hybridized carbons (Fsp3) is 0.478. The summed E-state index contributed by atoms with van der Waals surface area (Å²) in [6, 6.07) is 11.8. The second-order valence-electron chi connectivity index (χ2n) is 7.60. The number of para-hydroxylation sites is 1. The van der Waals surface area contributed by atoms with Gasteiger partial charge in [0.25, 0.3) is 0 Å². The number of ether oxygens (including phenoxy) is 2. The first-order valence-corrected chi connectivity index (χ1v) is 10.2. The zero-order valence-electron chi connectivity index (χ0n) is 17.4. The van der Waals surface area contributed by atoms with Crippen molar-refractivity contribution in [2.24, 2.45) is 0 Å². The van der Waals surface area contributed by atoms with E-state index in [0.29, 0.717) is 37.7 Å². The Kier molecular flexibility index (Phi) is 9.49. The number of β-amino-alcohol motifs (C(OH)–C–C–N with tert-alkyl or cyclic N) is 1. The summed E-state index contributed by atoms with van der Waals surface area (Å²) in [5.41, 5.74) is 1.74. The molecule has 0 amide bonds. The van der Waals surface area contributed by atoms with E-state index < -0.39 is 17.7 Å². The highest BCUT2D eigenvalue weighted by atomic mass is 35.5. The number of hydrogen-bond acceptors (Lipinski definition) is 4. The van der Waals surface area contributed by atoms with Crippen molar-refractivity contribution >= 4 is 12.4 Å². The van der Waals surface area contributed by atoms with Crippen molar-refractivity contribution in [2.75, 3.05) is 32.8 Å². The summed E-state index contributed by atoms with van der Waals surface area (Å²) in [6.45, 7) is 6.55. The minimum absolute atomic E-state index is 0. The van der Waals surface area contributed by atoms with Gasteiger partial charge >= 0.3 is 0 Å². The number of nitrogens with zero attached hydrogens (tertiary/aromatic N) is 1. The van der Waals surface area contributed by atoms with Gasteiger partial charge in [-0.2, -0.15) is 0 Å². The van der Waals surface area contributed by atoms with Crippen LogP contribution in [0.25, 0.3) is 0 Å². The molecule has 30 heavy (non-hydrogen) atoms. The predicted molar refractivity (Wildman–Crippen MR) is 115 cm³/mol. The van der Waals surface area contributed by atoms with E-state index in [1.54, 1.807) is 0 Å². The van der Waals surface area contributed by atoms with Gasteiger partial charge in [-0.1, -0.05) is 38.1 Å². The molecule has 1 N–H and O–H groups in total. The van der Waals surface area contributed by atoms with E-state index in [0.717, 1.165) is 23.8 Å². The van der Waals surface area contributed by atoms with Crippen molar-refractivity contribution in [3.8, 4) is 5.75 Å². The molecule has 1 fully saturated rings. The molecule has 0 bridgehead atoms. The molecule has 0 radical (unpaired) electrons. The first-order chi connectivity index (χ1) is 14.0. The Labute approximate surface area is 183 Å². The number of aliphatic hydroxyl groups excluding tert-OH is 1. The fourth-order valence-electron chi connectivity index (χ4n) is 3.56. The van der Waals surface area contributed by atoms with Gasteiger partial charge in [0.2, 0.25) is 0 Å². The molecule has 1 aliphatic rings. The molecule has 1 heterocycles. The van der Waals surface area contributed by atoms with Crippen LogP contribution in [0.2, 0.25) is 0 Å². The Bertz CT molecular complexity index is 808. The molecule has 4 nitrogen and oxygen atoms in total. The van der Waals surface area contributed by atoms with Crippen molar-refractivity contribution < 1.29 is 23.4 Å². The Morgan fingerprint density at radius 3 is 2.70 bits per heavy atom. The second kappa shape index (κ2) is 11.6. The zero-order chi connectivity index (χ0) is 20.8. The van der Waals surface area contributed by atoms with E-state index in [2.05, 4.69) is 24.8 Å². The summed E-state index contributed by atoms with van der Waals surface area (Å²) in [6.07, 6.45) is 0.00371. The Morgan fingerprint density at radius 1 is 1.20 bits per heavy atom. The fourth-order valence-corrected chi connectivity index (χ4v) is 3.56. The molecule has 0 aromatic heterocycles. The molecule has 0 saturated carbocycles. The summed E-state index contributed by atoms with van der Waals surface area (Å²) in [5.74, 6) is -0.551. The lowest BCUT2D eigenvalue weighted by atomic mass is 9.98. The van der Waals surface area contributed by atoms with Crippen LogP contribution >= 0.6 is 12.4 Å². The Morgan fingerprint density at radius 2 is 1.97 bits per heavy atom. The molecule has 7 heteroatoms. The van der Waals surface area contributed by atoms with Crippen LogP contribution in [0.4, 0.5) is 8.78 Å². The summed E-state index contributed by atoms with van der Waals surface area (Å²) >= 11 is 0. The van der Waals surface area contributed by atoms with Gasteiger partial charge in [0, 0.05) is 19.6 Å². The third kappa shape index (κ3) is 6.38. The van der Waals surface area contributed by atoms with Crippen molar-refractivity contribution in [3.63, 3.8) is 0 Å². The van der Waals surface area contributed by atoms with Gasteiger partial charge in [-0.05, 0) is 41.7 Å². The largest absolute Gasteiger partial charge is 0.491 e. The highest BCUT2D eigenvalue weighted by Gasteiger charge is 2.24. The third-order valence-electron chi connectivity index (χ3n) is 5.43. The number of benzene rings is 2. The average molecular weight is 442 g/mol. The average Bonchev–Trinajstić information content (AvgIpc) is 2.74. The molecule has 166 valence electrons. The van der Waals surface area contributed by atoms with Crippen molar-refractivity contribution in [3.05, 3.63) is 65.2 Å². The highest BCUT2D eigenvalue weighted by Crippen LogP contribution is 2.28. The summed E-state index contributed by atoms with van der Waals surface area (Å²) in [7, 11) is 0. The van der Waals surface area contributed by atoms with Gasteiger partial charge in [-0.15, -0.1) is 12.4 Å². The molecule has 2 aromatic carbocycles. The normalized spacial score (nSPS) is 19.0. The molecule has 3 atom stereocenters. The van der Waals surface area contributed by atoms with Crippen LogP contribution in [0.1, 0.15) is 43.4 Å². The van der Waals surface area contributed by atoms with E-state index in [-0.39, 0.29) is 25.1 Å². The van der Waals surface area contributed by atoms with Gasteiger partial charge in [-0.25, -0.2) is 8.78 Å². The van der Waals surface area contributed by atoms with Gasteiger partial charge in [0.1, 0.15) is 18.5 Å². The van der Waals surface area contributed by atoms with E-state index in [1.807, 2.05) is 18.2 Å². The molecular formula is C23H30ClF2NO3.